The van der Waals surface area contributed by atoms with E-state index < -0.39 is 15.7 Å². The third-order valence-corrected chi connectivity index (χ3v) is 4.50. The Labute approximate surface area is 127 Å². The minimum absolute atomic E-state index is 0.328. The van der Waals surface area contributed by atoms with Gasteiger partial charge in [-0.05, 0) is 58.0 Å². The van der Waals surface area contributed by atoms with Crippen LogP contribution in [-0.4, -0.2) is 34.2 Å². The summed E-state index contributed by atoms with van der Waals surface area (Å²) in [6.45, 7) is 6.17. The largest absolute Gasteiger partial charge is 0.497 e. The molecular formula is C14H25N3O3S. The summed E-state index contributed by atoms with van der Waals surface area (Å²) in [5.41, 5.74) is 5.54. The van der Waals surface area contributed by atoms with Crippen LogP contribution in [0.3, 0.4) is 0 Å². The SMILES string of the molecule is COc1ccc(N(CCCN)S(=O)(=O)NC(C)(C)C)cc1. The highest BCUT2D eigenvalue weighted by Crippen LogP contribution is 2.22. The van der Waals surface area contributed by atoms with Gasteiger partial charge in [-0.1, -0.05) is 0 Å². The van der Waals surface area contributed by atoms with Gasteiger partial charge in [-0.3, -0.25) is 4.31 Å². The van der Waals surface area contributed by atoms with Gasteiger partial charge in [0.2, 0.25) is 0 Å². The third kappa shape index (κ3) is 5.53. The number of hydrogen-bond donors (Lipinski definition) is 2. The van der Waals surface area contributed by atoms with Crippen LogP contribution in [0.2, 0.25) is 0 Å². The zero-order chi connectivity index (χ0) is 16.1. The normalized spacial score (nSPS) is 12.2. The lowest BCUT2D eigenvalue weighted by atomic mass is 10.1. The molecule has 0 radical (unpaired) electrons. The first-order chi connectivity index (χ1) is 9.69. The fraction of sp³-hybridized carbons (Fsp3) is 0.571. The van der Waals surface area contributed by atoms with Crippen molar-refractivity contribution in [1.82, 2.24) is 4.72 Å². The van der Waals surface area contributed by atoms with E-state index in [4.69, 9.17) is 10.5 Å². The van der Waals surface area contributed by atoms with E-state index in [1.165, 1.54) is 4.31 Å². The van der Waals surface area contributed by atoms with Crippen LogP contribution >= 0.6 is 0 Å². The summed E-state index contributed by atoms with van der Waals surface area (Å²) in [6, 6.07) is 6.91. The average Bonchev–Trinajstić information content (AvgIpc) is 2.37. The van der Waals surface area contributed by atoms with Crippen molar-refractivity contribution in [3.05, 3.63) is 24.3 Å². The smallest absolute Gasteiger partial charge is 0.302 e. The predicted molar refractivity (Wildman–Crippen MR) is 85.8 cm³/mol. The van der Waals surface area contributed by atoms with Crippen molar-refractivity contribution < 1.29 is 13.2 Å². The molecule has 0 aliphatic carbocycles. The Kier molecular flexibility index (Phi) is 6.00. The number of hydrogen-bond acceptors (Lipinski definition) is 4. The van der Waals surface area contributed by atoms with Gasteiger partial charge in [0.05, 0.1) is 12.8 Å². The molecule has 3 N–H and O–H groups in total. The molecule has 0 saturated carbocycles. The van der Waals surface area contributed by atoms with Gasteiger partial charge in [0, 0.05) is 12.1 Å². The number of methoxy groups -OCH3 is 1. The molecule has 1 rings (SSSR count). The van der Waals surface area contributed by atoms with Crippen LogP contribution < -0.4 is 19.5 Å². The van der Waals surface area contributed by atoms with Crippen LogP contribution in [0.4, 0.5) is 5.69 Å². The maximum absolute atomic E-state index is 12.5. The van der Waals surface area contributed by atoms with E-state index in [0.717, 1.165) is 0 Å². The quantitative estimate of drug-likeness (QED) is 0.798. The highest BCUT2D eigenvalue weighted by molar-refractivity contribution is 7.90. The molecule has 7 heteroatoms. The lowest BCUT2D eigenvalue weighted by molar-refractivity contribution is 0.415. The maximum Gasteiger partial charge on any atom is 0.302 e. The Morgan fingerprint density at radius 2 is 1.81 bits per heavy atom. The van der Waals surface area contributed by atoms with Crippen molar-refractivity contribution in [3.8, 4) is 5.75 Å². The molecule has 0 unspecified atom stereocenters. The molecule has 1 aromatic rings. The average molecular weight is 315 g/mol. The van der Waals surface area contributed by atoms with Crippen molar-refractivity contribution in [2.75, 3.05) is 24.5 Å². The highest BCUT2D eigenvalue weighted by atomic mass is 32.2. The maximum atomic E-state index is 12.5. The van der Waals surface area contributed by atoms with Gasteiger partial charge in [-0.2, -0.15) is 13.1 Å². The van der Waals surface area contributed by atoms with Gasteiger partial charge in [-0.15, -0.1) is 0 Å². The van der Waals surface area contributed by atoms with Gasteiger partial charge < -0.3 is 10.5 Å². The van der Waals surface area contributed by atoms with E-state index in [-0.39, 0.29) is 0 Å². The minimum Gasteiger partial charge on any atom is -0.497 e. The van der Waals surface area contributed by atoms with Crippen molar-refractivity contribution in [2.45, 2.75) is 32.7 Å². The first-order valence-electron chi connectivity index (χ1n) is 6.85. The second kappa shape index (κ2) is 7.11. The van der Waals surface area contributed by atoms with Gasteiger partial charge in [-0.25, -0.2) is 0 Å². The molecule has 0 aliphatic rings. The van der Waals surface area contributed by atoms with E-state index in [0.29, 0.717) is 30.9 Å². The molecule has 0 spiro atoms. The topological polar surface area (TPSA) is 84.7 Å². The molecule has 0 amide bonds. The Hall–Kier alpha value is -1.31. The lowest BCUT2D eigenvalue weighted by Gasteiger charge is -2.29. The molecule has 1 aromatic carbocycles. The second-order valence-corrected chi connectivity index (χ2v) is 7.36. The molecule has 21 heavy (non-hydrogen) atoms. The number of nitrogens with two attached hydrogens (primary N) is 1. The van der Waals surface area contributed by atoms with Gasteiger partial charge >= 0.3 is 10.2 Å². The van der Waals surface area contributed by atoms with E-state index in [1.807, 2.05) is 0 Å². The van der Waals surface area contributed by atoms with Crippen molar-refractivity contribution in [3.63, 3.8) is 0 Å². The summed E-state index contributed by atoms with van der Waals surface area (Å²) in [4.78, 5) is 0. The number of rotatable bonds is 7. The van der Waals surface area contributed by atoms with Crippen LogP contribution in [-0.2, 0) is 10.2 Å². The van der Waals surface area contributed by atoms with Crippen LogP contribution in [0.1, 0.15) is 27.2 Å². The molecule has 0 aromatic heterocycles. The third-order valence-electron chi connectivity index (χ3n) is 2.65. The minimum atomic E-state index is -3.64. The van der Waals surface area contributed by atoms with Crippen molar-refractivity contribution in [2.24, 2.45) is 5.73 Å². The molecule has 0 heterocycles. The molecule has 120 valence electrons. The zero-order valence-corrected chi connectivity index (χ0v) is 13.9. The van der Waals surface area contributed by atoms with E-state index in [2.05, 4.69) is 4.72 Å². The second-order valence-electron chi connectivity index (χ2n) is 5.77. The van der Waals surface area contributed by atoms with Crippen molar-refractivity contribution >= 4 is 15.9 Å². The number of ether oxygens (including phenoxy) is 1. The molecule has 0 saturated heterocycles. The fourth-order valence-electron chi connectivity index (χ4n) is 1.81. The number of anilines is 1. The molecule has 0 aliphatic heterocycles. The Bertz CT molecular complexity index is 536. The number of nitrogens with one attached hydrogen (secondary N) is 1. The predicted octanol–water partition coefficient (Wildman–Crippen LogP) is 1.48. The van der Waals surface area contributed by atoms with E-state index in [1.54, 1.807) is 52.1 Å². The van der Waals surface area contributed by atoms with Gasteiger partial charge in [0.1, 0.15) is 5.75 Å². The monoisotopic (exact) mass is 315 g/mol. The highest BCUT2D eigenvalue weighted by Gasteiger charge is 2.27. The first-order valence-corrected chi connectivity index (χ1v) is 8.29. The summed E-state index contributed by atoms with van der Waals surface area (Å²) in [6.07, 6.45) is 0.580. The molecule has 0 atom stereocenters. The van der Waals surface area contributed by atoms with Gasteiger partial charge in [0.25, 0.3) is 0 Å². The molecule has 0 bridgehead atoms. The Morgan fingerprint density at radius 1 is 1.24 bits per heavy atom. The number of nitrogens with zero attached hydrogens (tertiary/aromatic N) is 1. The van der Waals surface area contributed by atoms with Crippen molar-refractivity contribution in [1.29, 1.82) is 0 Å². The van der Waals surface area contributed by atoms with Crippen LogP contribution in [0.25, 0.3) is 0 Å². The first kappa shape index (κ1) is 17.7. The molecular weight excluding hydrogens is 290 g/mol. The molecule has 0 fully saturated rings. The summed E-state index contributed by atoms with van der Waals surface area (Å²) in [5, 5.41) is 0. The fourth-order valence-corrected chi connectivity index (χ4v) is 3.47. The van der Waals surface area contributed by atoms with Crippen LogP contribution in [0.5, 0.6) is 5.75 Å². The van der Waals surface area contributed by atoms with Crippen LogP contribution in [0.15, 0.2) is 24.3 Å². The van der Waals surface area contributed by atoms with Gasteiger partial charge in [0.15, 0.2) is 0 Å². The van der Waals surface area contributed by atoms with Crippen LogP contribution in [0, 0.1) is 0 Å². The van der Waals surface area contributed by atoms with E-state index >= 15 is 0 Å². The lowest BCUT2D eigenvalue weighted by Crippen LogP contribution is -2.49. The van der Waals surface area contributed by atoms with E-state index in [9.17, 15) is 8.42 Å². The Balaban J connectivity index is 3.09. The standard InChI is InChI=1S/C14H25N3O3S/c1-14(2,3)16-21(18,19)17(11-5-10-15)12-6-8-13(20-4)9-7-12/h6-9,16H,5,10-11,15H2,1-4H3. The summed E-state index contributed by atoms with van der Waals surface area (Å²) >= 11 is 0. The summed E-state index contributed by atoms with van der Waals surface area (Å²) < 4.78 is 34.2. The molecule has 6 nitrogen and oxygen atoms in total. The Morgan fingerprint density at radius 3 is 2.24 bits per heavy atom. The summed E-state index contributed by atoms with van der Waals surface area (Å²) in [5.74, 6) is 0.679. The number of benzene rings is 1. The zero-order valence-electron chi connectivity index (χ0n) is 13.1. The summed E-state index contributed by atoms with van der Waals surface area (Å²) in [7, 11) is -2.07.